The van der Waals surface area contributed by atoms with E-state index in [0.29, 0.717) is 5.82 Å². The maximum absolute atomic E-state index is 13.1. The highest BCUT2D eigenvalue weighted by Crippen LogP contribution is 2.20. The van der Waals surface area contributed by atoms with E-state index in [0.717, 1.165) is 48.3 Å². The number of fused-ring (bicyclic) bond motifs is 1. The van der Waals surface area contributed by atoms with E-state index in [9.17, 15) is 9.18 Å². The van der Waals surface area contributed by atoms with Gasteiger partial charge in [-0.1, -0.05) is 18.2 Å². The van der Waals surface area contributed by atoms with Crippen molar-refractivity contribution in [3.05, 3.63) is 66.0 Å². The molecule has 3 aromatic rings. The fourth-order valence-electron chi connectivity index (χ4n) is 3.76. The molecule has 1 aliphatic heterocycles. The number of halogens is 1. The van der Waals surface area contributed by atoms with Gasteiger partial charge >= 0.3 is 0 Å². The Bertz CT molecular complexity index is 1030. The van der Waals surface area contributed by atoms with Crippen LogP contribution in [0.2, 0.25) is 0 Å². The van der Waals surface area contributed by atoms with Crippen molar-refractivity contribution in [1.29, 1.82) is 0 Å². The van der Waals surface area contributed by atoms with Crippen molar-refractivity contribution in [1.82, 2.24) is 15.3 Å². The molecule has 1 saturated heterocycles. The Balaban J connectivity index is 1.32. The van der Waals surface area contributed by atoms with Crippen molar-refractivity contribution >= 4 is 28.3 Å². The van der Waals surface area contributed by atoms with Crippen LogP contribution in [0.1, 0.15) is 12.5 Å². The number of nitrogens with one attached hydrogen (secondary N) is 2. The second-order valence-electron chi connectivity index (χ2n) is 7.64. The maximum atomic E-state index is 13.1. The minimum absolute atomic E-state index is 0.0976. The monoisotopic (exact) mass is 407 g/mol. The molecule has 2 heterocycles. The molecule has 1 aromatic heterocycles. The number of amides is 1. The number of para-hydroxylation sites is 1. The van der Waals surface area contributed by atoms with Crippen molar-refractivity contribution in [3.63, 3.8) is 0 Å². The summed E-state index contributed by atoms with van der Waals surface area (Å²) in [5.74, 6) is 0.321. The van der Waals surface area contributed by atoms with E-state index in [1.807, 2.05) is 38.1 Å². The number of anilines is 2. The number of benzene rings is 2. The molecule has 1 amide bonds. The van der Waals surface area contributed by atoms with Crippen LogP contribution in [-0.2, 0) is 4.79 Å². The van der Waals surface area contributed by atoms with E-state index in [-0.39, 0.29) is 17.8 Å². The predicted octanol–water partition coefficient (Wildman–Crippen LogP) is 3.34. The molecule has 1 fully saturated rings. The number of hydrogen-bond acceptors (Lipinski definition) is 5. The highest BCUT2D eigenvalue weighted by atomic mass is 19.1. The van der Waals surface area contributed by atoms with Crippen LogP contribution in [0.25, 0.3) is 10.9 Å². The Kier molecular flexibility index (Phi) is 5.81. The summed E-state index contributed by atoms with van der Waals surface area (Å²) in [7, 11) is 0. The summed E-state index contributed by atoms with van der Waals surface area (Å²) in [6.07, 6.45) is 0. The molecule has 4 rings (SSSR count). The number of pyridine rings is 1. The third-order valence-corrected chi connectivity index (χ3v) is 5.65. The zero-order valence-electron chi connectivity index (χ0n) is 17.2. The predicted molar refractivity (Wildman–Crippen MR) is 118 cm³/mol. The van der Waals surface area contributed by atoms with Gasteiger partial charge in [0.2, 0.25) is 0 Å². The second kappa shape index (κ2) is 8.67. The number of nitrogens with zero attached hydrogens (tertiary/aromatic N) is 3. The molecule has 156 valence electrons. The van der Waals surface area contributed by atoms with Gasteiger partial charge in [-0.15, -0.1) is 0 Å². The van der Waals surface area contributed by atoms with Crippen LogP contribution in [-0.4, -0.2) is 48.0 Å². The van der Waals surface area contributed by atoms with Crippen molar-refractivity contribution in [2.75, 3.05) is 36.5 Å². The Hall–Kier alpha value is -3.19. The Morgan fingerprint density at radius 1 is 1.07 bits per heavy atom. The van der Waals surface area contributed by atoms with E-state index < -0.39 is 0 Å². The van der Waals surface area contributed by atoms with E-state index in [1.165, 1.54) is 12.1 Å². The zero-order valence-corrected chi connectivity index (χ0v) is 17.2. The van der Waals surface area contributed by atoms with Gasteiger partial charge in [-0.3, -0.25) is 20.5 Å². The lowest BCUT2D eigenvalue weighted by Gasteiger charge is -2.38. The molecule has 0 spiro atoms. The Labute approximate surface area is 175 Å². The molecule has 0 radical (unpaired) electrons. The number of piperazine rings is 1. The van der Waals surface area contributed by atoms with Crippen molar-refractivity contribution < 1.29 is 9.18 Å². The normalized spacial score (nSPS) is 15.8. The van der Waals surface area contributed by atoms with Crippen LogP contribution in [0.15, 0.2) is 54.6 Å². The molecule has 7 heteroatoms. The van der Waals surface area contributed by atoms with Gasteiger partial charge in [-0.25, -0.2) is 9.37 Å². The van der Waals surface area contributed by atoms with E-state index in [1.54, 1.807) is 12.1 Å². The Morgan fingerprint density at radius 3 is 2.50 bits per heavy atom. The molecule has 30 heavy (non-hydrogen) atoms. The van der Waals surface area contributed by atoms with Gasteiger partial charge in [0.1, 0.15) is 11.6 Å². The minimum atomic E-state index is -0.270. The van der Waals surface area contributed by atoms with E-state index in [2.05, 4.69) is 31.7 Å². The van der Waals surface area contributed by atoms with Gasteiger partial charge < -0.3 is 4.90 Å². The van der Waals surface area contributed by atoms with Crippen LogP contribution in [0.4, 0.5) is 15.9 Å². The van der Waals surface area contributed by atoms with Crippen LogP contribution >= 0.6 is 0 Å². The lowest BCUT2D eigenvalue weighted by atomic mass is 10.1. The number of aryl methyl sites for hydroxylation is 1. The number of carbonyl (C=O) groups is 1. The first kappa shape index (κ1) is 20.1. The smallest absolute Gasteiger partial charge is 0.255 e. The summed E-state index contributed by atoms with van der Waals surface area (Å²) < 4.78 is 13.1. The Morgan fingerprint density at radius 2 is 1.77 bits per heavy atom. The first-order valence-corrected chi connectivity index (χ1v) is 10.2. The fraction of sp³-hybridized carbons (Fsp3) is 0.304. The van der Waals surface area contributed by atoms with Crippen molar-refractivity contribution in [3.8, 4) is 0 Å². The molecule has 0 saturated carbocycles. The van der Waals surface area contributed by atoms with Crippen LogP contribution in [0, 0.1) is 12.7 Å². The average molecular weight is 407 g/mol. The number of hydrazine groups is 1. The van der Waals surface area contributed by atoms with Crippen LogP contribution < -0.4 is 15.8 Å². The lowest BCUT2D eigenvalue weighted by Crippen LogP contribution is -2.54. The summed E-state index contributed by atoms with van der Waals surface area (Å²) in [5, 5.41) is 1.07. The maximum Gasteiger partial charge on any atom is 0.255 e. The summed E-state index contributed by atoms with van der Waals surface area (Å²) in [6, 6.07) is 16.2. The number of rotatable bonds is 5. The zero-order chi connectivity index (χ0) is 21.1. The first-order chi connectivity index (χ1) is 14.5. The van der Waals surface area contributed by atoms with Crippen LogP contribution in [0.5, 0.6) is 0 Å². The topological polar surface area (TPSA) is 60.5 Å². The molecule has 1 aliphatic rings. The summed E-state index contributed by atoms with van der Waals surface area (Å²) in [5.41, 5.74) is 8.64. The second-order valence-corrected chi connectivity index (χ2v) is 7.64. The fourth-order valence-corrected chi connectivity index (χ4v) is 3.76. The molecular weight excluding hydrogens is 381 g/mol. The number of carbonyl (C=O) groups excluding carboxylic acids is 1. The quantitative estimate of drug-likeness (QED) is 0.636. The van der Waals surface area contributed by atoms with Gasteiger partial charge in [0, 0.05) is 37.3 Å². The molecule has 0 aliphatic carbocycles. The molecule has 1 atom stereocenters. The van der Waals surface area contributed by atoms with Gasteiger partial charge in [0.15, 0.2) is 0 Å². The third kappa shape index (κ3) is 4.36. The summed E-state index contributed by atoms with van der Waals surface area (Å²) in [4.78, 5) is 21.6. The highest BCUT2D eigenvalue weighted by molar-refractivity contribution is 5.84. The number of aromatic nitrogens is 1. The minimum Gasteiger partial charge on any atom is -0.369 e. The lowest BCUT2D eigenvalue weighted by molar-refractivity contribution is -0.125. The molecule has 1 unspecified atom stereocenters. The largest absolute Gasteiger partial charge is 0.369 e. The van der Waals surface area contributed by atoms with Crippen molar-refractivity contribution in [2.45, 2.75) is 19.9 Å². The van der Waals surface area contributed by atoms with Gasteiger partial charge in [-0.05, 0) is 55.8 Å². The third-order valence-electron chi connectivity index (χ3n) is 5.65. The molecule has 2 N–H and O–H groups in total. The highest BCUT2D eigenvalue weighted by Gasteiger charge is 2.25. The molecule has 0 bridgehead atoms. The van der Waals surface area contributed by atoms with Gasteiger partial charge in [0.25, 0.3) is 5.91 Å². The standard InChI is InChI=1S/C23H26FN5O/c1-16-15-18-5-3-4-6-21(18)25-22(16)26-27-23(30)17(2)28-11-13-29(14-12-28)20-9-7-19(24)8-10-20/h3-10,15,17H,11-14H2,1-2H3,(H,25,26)(H,27,30). The molecular formula is C23H26FN5O. The van der Waals surface area contributed by atoms with Crippen LogP contribution in [0.3, 0.4) is 0 Å². The van der Waals surface area contributed by atoms with E-state index in [4.69, 9.17) is 0 Å². The molecule has 2 aromatic carbocycles. The van der Waals surface area contributed by atoms with Gasteiger partial charge in [0.05, 0.1) is 11.6 Å². The SMILES string of the molecule is Cc1cc2ccccc2nc1NNC(=O)C(C)N1CCN(c2ccc(F)cc2)CC1. The van der Waals surface area contributed by atoms with E-state index >= 15 is 0 Å². The van der Waals surface area contributed by atoms with Gasteiger partial charge in [-0.2, -0.15) is 0 Å². The summed E-state index contributed by atoms with van der Waals surface area (Å²) in [6.45, 7) is 6.99. The number of hydrogen-bond donors (Lipinski definition) is 2. The summed E-state index contributed by atoms with van der Waals surface area (Å²) >= 11 is 0. The van der Waals surface area contributed by atoms with Crippen molar-refractivity contribution in [2.24, 2.45) is 0 Å². The first-order valence-electron chi connectivity index (χ1n) is 10.2. The average Bonchev–Trinajstić information content (AvgIpc) is 2.77. The molecule has 6 nitrogen and oxygen atoms in total.